The summed E-state index contributed by atoms with van der Waals surface area (Å²) in [5.41, 5.74) is 1.03. The van der Waals surface area contributed by atoms with Crippen molar-refractivity contribution in [3.05, 3.63) is 53.4 Å². The number of rotatable bonds is 12. The molecule has 2 heterocycles. The first-order valence-electron chi connectivity index (χ1n) is 11.5. The molecule has 1 aliphatic heterocycles. The molecule has 0 radical (unpaired) electrons. The van der Waals surface area contributed by atoms with Gasteiger partial charge in [0.25, 0.3) is 11.8 Å². The second kappa shape index (κ2) is 11.2. The van der Waals surface area contributed by atoms with Crippen LogP contribution in [0.25, 0.3) is 10.4 Å². The number of thiophene rings is 1. The highest BCUT2D eigenvalue weighted by Crippen LogP contribution is 2.34. The van der Waals surface area contributed by atoms with Crippen LogP contribution >= 0.6 is 11.3 Å². The fraction of sp³-hybridized carbons (Fsp3) is 0.385. The molecular weight excluding hydrogens is 450 g/mol. The lowest BCUT2D eigenvalue weighted by Crippen LogP contribution is -2.41. The number of carbonyl (C=O) groups is 3. The summed E-state index contributed by atoms with van der Waals surface area (Å²) in [6, 6.07) is 9.21. The van der Waals surface area contributed by atoms with Gasteiger partial charge in [-0.15, -0.1) is 17.9 Å². The minimum atomic E-state index is -0.665. The fourth-order valence-corrected chi connectivity index (χ4v) is 4.83. The maximum atomic E-state index is 12.2. The Labute approximate surface area is 204 Å². The number of hydrogen-bond donors (Lipinski definition) is 3. The van der Waals surface area contributed by atoms with E-state index in [4.69, 9.17) is 10.1 Å². The number of benzene rings is 1. The van der Waals surface area contributed by atoms with Gasteiger partial charge < -0.3 is 10.1 Å². The first kappa shape index (κ1) is 25.4. The molecule has 34 heavy (non-hydrogen) atoms. The van der Waals surface area contributed by atoms with Gasteiger partial charge in [-0.1, -0.05) is 19.9 Å². The van der Waals surface area contributed by atoms with Gasteiger partial charge in [-0.05, 0) is 67.0 Å². The van der Waals surface area contributed by atoms with Crippen LogP contribution in [0.2, 0.25) is 0 Å². The van der Waals surface area contributed by atoms with Crippen LogP contribution in [0.3, 0.4) is 0 Å². The number of carbonyl (C=O) groups excluding carboxylic acids is 3. The maximum Gasteiger partial charge on any atom is 0.277 e. The number of hydrogen-bond acceptors (Lipinski definition) is 6. The van der Waals surface area contributed by atoms with Crippen LogP contribution in [0.15, 0.2) is 43.0 Å². The number of fused-ring (bicyclic) bond motifs is 1. The zero-order valence-corrected chi connectivity index (χ0v) is 20.5. The van der Waals surface area contributed by atoms with Gasteiger partial charge in [0, 0.05) is 17.8 Å². The Bertz CT molecular complexity index is 1090. The molecule has 1 aliphatic rings. The Hall–Kier alpha value is -3.26. The molecule has 0 saturated heterocycles. The average Bonchev–Trinajstić information content (AvgIpc) is 3.27. The third-order valence-electron chi connectivity index (χ3n) is 6.04. The van der Waals surface area contributed by atoms with Gasteiger partial charge in [0.2, 0.25) is 5.91 Å². The standard InChI is InChI=1S/C26H31N3O4S/c1-4-12-26(3,5-2)16-21(30)28-13-6-7-14-33-18-10-8-17(9-11-18)20-15-19-23(34-20)22(27)25(32)29-24(19)31/h4,8-11,15,27H,1,5-7,12-14,16H2,2-3H3,(H,28,30)(H,29,31,32). The highest BCUT2D eigenvalue weighted by atomic mass is 32.1. The van der Waals surface area contributed by atoms with Crippen LogP contribution in [0.4, 0.5) is 0 Å². The SMILES string of the molecule is C=CCC(C)(CC)CC(=O)NCCCCOc1ccc(-c2cc3c(s2)C(=N)C(=O)NC3=O)cc1. The van der Waals surface area contributed by atoms with Gasteiger partial charge in [-0.2, -0.15) is 0 Å². The van der Waals surface area contributed by atoms with E-state index >= 15 is 0 Å². The van der Waals surface area contributed by atoms with E-state index < -0.39 is 11.8 Å². The van der Waals surface area contributed by atoms with E-state index in [1.807, 2.05) is 30.3 Å². The molecule has 8 heteroatoms. The first-order chi connectivity index (χ1) is 16.3. The topological polar surface area (TPSA) is 108 Å². The zero-order chi connectivity index (χ0) is 24.7. The molecule has 3 amide bonds. The van der Waals surface area contributed by atoms with E-state index in [0.29, 0.717) is 30.0 Å². The van der Waals surface area contributed by atoms with Crippen molar-refractivity contribution in [2.75, 3.05) is 13.2 Å². The quantitative estimate of drug-likeness (QED) is 0.232. The van der Waals surface area contributed by atoms with Crippen LogP contribution < -0.4 is 15.4 Å². The normalized spacial score (nSPS) is 14.7. The van der Waals surface area contributed by atoms with Crippen molar-refractivity contribution >= 4 is 34.8 Å². The molecule has 0 saturated carbocycles. The van der Waals surface area contributed by atoms with Crippen LogP contribution in [-0.2, 0) is 9.59 Å². The number of allylic oxidation sites excluding steroid dienone is 1. The number of unbranched alkanes of at least 4 members (excludes halogenated alkanes) is 1. The molecule has 1 unspecified atom stereocenters. The fourth-order valence-electron chi connectivity index (χ4n) is 3.72. The predicted molar refractivity (Wildman–Crippen MR) is 135 cm³/mol. The summed E-state index contributed by atoms with van der Waals surface area (Å²) in [5.74, 6) is -0.319. The van der Waals surface area contributed by atoms with E-state index in [-0.39, 0.29) is 17.0 Å². The van der Waals surface area contributed by atoms with Crippen molar-refractivity contribution in [2.24, 2.45) is 5.41 Å². The van der Waals surface area contributed by atoms with E-state index in [0.717, 1.165) is 41.9 Å². The summed E-state index contributed by atoms with van der Waals surface area (Å²) >= 11 is 1.26. The monoisotopic (exact) mass is 481 g/mol. The summed E-state index contributed by atoms with van der Waals surface area (Å²) in [4.78, 5) is 37.1. The molecular formula is C26H31N3O4S. The van der Waals surface area contributed by atoms with Crippen molar-refractivity contribution in [1.29, 1.82) is 5.41 Å². The highest BCUT2D eigenvalue weighted by Gasteiger charge is 2.30. The van der Waals surface area contributed by atoms with Gasteiger partial charge in [-0.25, -0.2) is 0 Å². The van der Waals surface area contributed by atoms with Gasteiger partial charge in [-0.3, -0.25) is 25.1 Å². The van der Waals surface area contributed by atoms with Crippen molar-refractivity contribution < 1.29 is 19.1 Å². The Kier molecular flexibility index (Phi) is 8.39. The van der Waals surface area contributed by atoms with Crippen molar-refractivity contribution in [3.8, 4) is 16.2 Å². The predicted octanol–water partition coefficient (Wildman–Crippen LogP) is 4.71. The minimum absolute atomic E-state index is 0.0326. The van der Waals surface area contributed by atoms with Gasteiger partial charge in [0.15, 0.2) is 0 Å². The zero-order valence-electron chi connectivity index (χ0n) is 19.7. The molecule has 2 aromatic rings. The lowest BCUT2D eigenvalue weighted by Gasteiger charge is -2.26. The molecule has 1 aromatic heterocycles. The number of amides is 3. The summed E-state index contributed by atoms with van der Waals surface area (Å²) in [6.45, 7) is 9.17. The van der Waals surface area contributed by atoms with Gasteiger partial charge in [0.05, 0.1) is 17.0 Å². The summed E-state index contributed by atoms with van der Waals surface area (Å²) in [6.07, 6.45) is 5.81. The smallest absolute Gasteiger partial charge is 0.277 e. The Morgan fingerprint density at radius 3 is 2.65 bits per heavy atom. The number of nitrogens with one attached hydrogen (secondary N) is 3. The summed E-state index contributed by atoms with van der Waals surface area (Å²) in [7, 11) is 0. The molecule has 180 valence electrons. The van der Waals surface area contributed by atoms with E-state index in [1.165, 1.54) is 11.3 Å². The molecule has 1 atom stereocenters. The Morgan fingerprint density at radius 2 is 1.97 bits per heavy atom. The summed E-state index contributed by atoms with van der Waals surface area (Å²) < 4.78 is 5.80. The van der Waals surface area contributed by atoms with Gasteiger partial charge in [0.1, 0.15) is 11.5 Å². The third-order valence-corrected chi connectivity index (χ3v) is 7.24. The van der Waals surface area contributed by atoms with Crippen LogP contribution in [0.1, 0.15) is 61.2 Å². The van der Waals surface area contributed by atoms with Crippen molar-refractivity contribution in [3.63, 3.8) is 0 Å². The number of imide groups is 1. The van der Waals surface area contributed by atoms with Crippen molar-refractivity contribution in [2.45, 2.75) is 46.0 Å². The lowest BCUT2D eigenvalue weighted by molar-refractivity contribution is -0.123. The van der Waals surface area contributed by atoms with Crippen LogP contribution in [0, 0.1) is 10.8 Å². The third kappa shape index (κ3) is 6.20. The molecule has 0 bridgehead atoms. The van der Waals surface area contributed by atoms with E-state index in [1.54, 1.807) is 6.07 Å². The van der Waals surface area contributed by atoms with Gasteiger partial charge >= 0.3 is 0 Å². The second-order valence-electron chi connectivity index (χ2n) is 8.78. The Balaban J connectivity index is 1.42. The highest BCUT2D eigenvalue weighted by molar-refractivity contribution is 7.18. The molecule has 1 aromatic carbocycles. The van der Waals surface area contributed by atoms with Crippen LogP contribution in [-0.4, -0.2) is 36.6 Å². The maximum absolute atomic E-state index is 12.2. The van der Waals surface area contributed by atoms with E-state index in [9.17, 15) is 14.4 Å². The molecule has 0 fully saturated rings. The molecule has 3 rings (SSSR count). The first-order valence-corrected chi connectivity index (χ1v) is 12.3. The largest absolute Gasteiger partial charge is 0.494 e. The van der Waals surface area contributed by atoms with E-state index in [2.05, 4.69) is 31.1 Å². The second-order valence-corrected chi connectivity index (χ2v) is 9.83. The molecule has 7 nitrogen and oxygen atoms in total. The summed E-state index contributed by atoms with van der Waals surface area (Å²) in [5, 5.41) is 13.1. The van der Waals surface area contributed by atoms with Crippen molar-refractivity contribution in [1.82, 2.24) is 10.6 Å². The lowest BCUT2D eigenvalue weighted by atomic mass is 9.80. The minimum Gasteiger partial charge on any atom is -0.494 e. The Morgan fingerprint density at radius 1 is 1.24 bits per heavy atom. The molecule has 3 N–H and O–H groups in total. The average molecular weight is 482 g/mol. The molecule has 0 aliphatic carbocycles. The number of ether oxygens (including phenoxy) is 1. The van der Waals surface area contributed by atoms with Crippen LogP contribution in [0.5, 0.6) is 5.75 Å². The molecule has 0 spiro atoms.